The molecule has 1 aliphatic rings. The van der Waals surface area contributed by atoms with Crippen molar-refractivity contribution in [1.82, 2.24) is 0 Å². The average Bonchev–Trinajstić information content (AvgIpc) is 2.41. The summed E-state index contributed by atoms with van der Waals surface area (Å²) in [6, 6.07) is -0.207. The van der Waals surface area contributed by atoms with Crippen molar-refractivity contribution >= 4 is 9.84 Å². The van der Waals surface area contributed by atoms with Crippen LogP contribution in [0.3, 0.4) is 0 Å². The molecule has 0 aliphatic heterocycles. The number of sulfone groups is 1. The Morgan fingerprint density at radius 1 is 1.44 bits per heavy atom. The van der Waals surface area contributed by atoms with Gasteiger partial charge in [0, 0.05) is 6.04 Å². The van der Waals surface area contributed by atoms with E-state index in [2.05, 4.69) is 13.8 Å². The van der Waals surface area contributed by atoms with E-state index in [0.29, 0.717) is 0 Å². The second kappa shape index (κ2) is 4.65. The molecule has 1 rings (SSSR count). The van der Waals surface area contributed by atoms with Gasteiger partial charge in [0.2, 0.25) is 0 Å². The molecule has 0 bridgehead atoms. The van der Waals surface area contributed by atoms with E-state index in [-0.39, 0.29) is 28.4 Å². The Morgan fingerprint density at radius 2 is 2.00 bits per heavy atom. The Kier molecular flexibility index (Phi) is 4.06. The summed E-state index contributed by atoms with van der Waals surface area (Å²) in [6.45, 7) is 8.15. The maximum atomic E-state index is 12.2. The Balaban J connectivity index is 2.79. The van der Waals surface area contributed by atoms with Gasteiger partial charge in [-0.3, -0.25) is 0 Å². The van der Waals surface area contributed by atoms with Crippen molar-refractivity contribution < 1.29 is 8.42 Å². The Labute approximate surface area is 99.7 Å². The SMILES string of the molecule is CCC(C)CS(=O)(=O)C1CCC(C)(C)C1N. The standard InChI is InChI=1S/C12H25NO2S/c1-5-9(2)8-16(14,15)10-6-7-12(3,4)11(10)13/h9-11H,5-8,13H2,1-4H3. The molecule has 2 N–H and O–H groups in total. The molecule has 0 aromatic heterocycles. The smallest absolute Gasteiger partial charge is 0.154 e. The normalized spacial score (nSPS) is 31.6. The molecule has 0 aromatic rings. The van der Waals surface area contributed by atoms with Gasteiger partial charge in [0.05, 0.1) is 11.0 Å². The van der Waals surface area contributed by atoms with Gasteiger partial charge in [-0.05, 0) is 24.2 Å². The van der Waals surface area contributed by atoms with Crippen LogP contribution in [0.25, 0.3) is 0 Å². The minimum absolute atomic E-state index is 0.0345. The fourth-order valence-electron chi connectivity index (χ4n) is 2.40. The van der Waals surface area contributed by atoms with Crippen LogP contribution in [0.4, 0.5) is 0 Å². The first kappa shape index (κ1) is 14.0. The van der Waals surface area contributed by atoms with Gasteiger partial charge in [0.25, 0.3) is 0 Å². The van der Waals surface area contributed by atoms with Crippen LogP contribution in [0, 0.1) is 11.3 Å². The van der Waals surface area contributed by atoms with Crippen molar-refractivity contribution in [2.45, 2.75) is 58.2 Å². The highest BCUT2D eigenvalue weighted by Crippen LogP contribution is 2.39. The maximum Gasteiger partial charge on any atom is 0.154 e. The summed E-state index contributed by atoms with van der Waals surface area (Å²) in [5, 5.41) is -0.323. The summed E-state index contributed by atoms with van der Waals surface area (Å²) in [5.74, 6) is 0.527. The van der Waals surface area contributed by atoms with Gasteiger partial charge in [0.1, 0.15) is 0 Å². The van der Waals surface area contributed by atoms with E-state index in [9.17, 15) is 8.42 Å². The lowest BCUT2D eigenvalue weighted by Crippen LogP contribution is -2.44. The molecule has 1 fully saturated rings. The third-order valence-electron chi connectivity index (χ3n) is 4.05. The van der Waals surface area contributed by atoms with Crippen LogP contribution in [0.2, 0.25) is 0 Å². The summed E-state index contributed by atoms with van der Waals surface area (Å²) >= 11 is 0. The molecule has 0 amide bonds. The van der Waals surface area contributed by atoms with Gasteiger partial charge in [-0.15, -0.1) is 0 Å². The van der Waals surface area contributed by atoms with E-state index in [1.54, 1.807) is 0 Å². The van der Waals surface area contributed by atoms with E-state index in [4.69, 9.17) is 5.73 Å². The largest absolute Gasteiger partial charge is 0.326 e. The van der Waals surface area contributed by atoms with Gasteiger partial charge in [-0.2, -0.15) is 0 Å². The lowest BCUT2D eigenvalue weighted by Gasteiger charge is -2.27. The third kappa shape index (κ3) is 2.77. The zero-order chi connectivity index (χ0) is 12.6. The zero-order valence-electron chi connectivity index (χ0n) is 10.9. The Morgan fingerprint density at radius 3 is 2.38 bits per heavy atom. The first-order valence-electron chi connectivity index (χ1n) is 6.18. The van der Waals surface area contributed by atoms with E-state index < -0.39 is 9.84 Å². The molecule has 3 unspecified atom stereocenters. The summed E-state index contributed by atoms with van der Waals surface area (Å²) in [7, 11) is -3.02. The molecule has 1 aliphatic carbocycles. The van der Waals surface area contributed by atoms with Crippen molar-refractivity contribution in [3.8, 4) is 0 Å². The van der Waals surface area contributed by atoms with E-state index in [1.165, 1.54) is 0 Å². The number of hydrogen-bond acceptors (Lipinski definition) is 3. The molecule has 0 aromatic carbocycles. The lowest BCUT2D eigenvalue weighted by atomic mass is 9.88. The van der Waals surface area contributed by atoms with E-state index >= 15 is 0 Å². The molecule has 0 heterocycles. The first-order valence-corrected chi connectivity index (χ1v) is 7.89. The summed E-state index contributed by atoms with van der Waals surface area (Å²) in [5.41, 5.74) is 6.05. The van der Waals surface area contributed by atoms with Crippen LogP contribution in [-0.2, 0) is 9.84 Å². The first-order chi connectivity index (χ1) is 7.20. The molecule has 0 spiro atoms. The van der Waals surface area contributed by atoms with Crippen molar-refractivity contribution in [1.29, 1.82) is 0 Å². The summed E-state index contributed by atoms with van der Waals surface area (Å²) in [6.07, 6.45) is 2.55. The molecule has 96 valence electrons. The maximum absolute atomic E-state index is 12.2. The third-order valence-corrected chi connectivity index (χ3v) is 6.54. The topological polar surface area (TPSA) is 60.2 Å². The number of hydrogen-bond donors (Lipinski definition) is 1. The van der Waals surface area contributed by atoms with E-state index in [0.717, 1.165) is 19.3 Å². The quantitative estimate of drug-likeness (QED) is 0.826. The molecule has 4 heteroatoms. The summed E-state index contributed by atoms with van der Waals surface area (Å²) < 4.78 is 24.4. The second-order valence-electron chi connectivity index (χ2n) is 5.93. The molecular formula is C12H25NO2S. The average molecular weight is 247 g/mol. The lowest BCUT2D eigenvalue weighted by molar-refractivity contribution is 0.332. The summed E-state index contributed by atoms with van der Waals surface area (Å²) in [4.78, 5) is 0. The molecule has 1 saturated carbocycles. The van der Waals surface area contributed by atoms with Crippen molar-refractivity contribution in [3.05, 3.63) is 0 Å². The van der Waals surface area contributed by atoms with Crippen LogP contribution in [0.1, 0.15) is 47.0 Å². The van der Waals surface area contributed by atoms with Gasteiger partial charge in [-0.1, -0.05) is 34.1 Å². The van der Waals surface area contributed by atoms with Crippen molar-refractivity contribution in [2.24, 2.45) is 17.1 Å². The molecule has 16 heavy (non-hydrogen) atoms. The van der Waals surface area contributed by atoms with Crippen molar-refractivity contribution in [3.63, 3.8) is 0 Å². The Bertz CT molecular complexity index is 335. The predicted octanol–water partition coefficient (Wildman–Crippen LogP) is 1.96. The molecule has 0 radical (unpaired) electrons. The molecule has 3 nitrogen and oxygen atoms in total. The number of nitrogens with two attached hydrogens (primary N) is 1. The number of rotatable bonds is 4. The van der Waals surface area contributed by atoms with Gasteiger partial charge < -0.3 is 5.73 Å². The van der Waals surface area contributed by atoms with Gasteiger partial charge >= 0.3 is 0 Å². The minimum atomic E-state index is -3.02. The fraction of sp³-hybridized carbons (Fsp3) is 1.00. The van der Waals surface area contributed by atoms with E-state index in [1.807, 2.05) is 13.8 Å². The van der Waals surface area contributed by atoms with Crippen LogP contribution in [-0.4, -0.2) is 25.5 Å². The van der Waals surface area contributed by atoms with Crippen LogP contribution in [0.15, 0.2) is 0 Å². The molecule has 3 atom stereocenters. The van der Waals surface area contributed by atoms with Crippen molar-refractivity contribution in [2.75, 3.05) is 5.75 Å². The van der Waals surface area contributed by atoms with Gasteiger partial charge in [-0.25, -0.2) is 8.42 Å². The van der Waals surface area contributed by atoms with Crippen LogP contribution >= 0.6 is 0 Å². The highest BCUT2D eigenvalue weighted by atomic mass is 32.2. The monoisotopic (exact) mass is 247 g/mol. The zero-order valence-corrected chi connectivity index (χ0v) is 11.7. The van der Waals surface area contributed by atoms with Gasteiger partial charge in [0.15, 0.2) is 9.84 Å². The fourth-order valence-corrected chi connectivity index (χ4v) is 4.97. The predicted molar refractivity (Wildman–Crippen MR) is 68.0 cm³/mol. The highest BCUT2D eigenvalue weighted by Gasteiger charge is 2.45. The second-order valence-corrected chi connectivity index (χ2v) is 8.20. The highest BCUT2D eigenvalue weighted by molar-refractivity contribution is 7.92. The van der Waals surface area contributed by atoms with Crippen LogP contribution < -0.4 is 5.73 Å². The Hall–Kier alpha value is -0.0900. The minimum Gasteiger partial charge on any atom is -0.326 e. The molecular weight excluding hydrogens is 222 g/mol. The van der Waals surface area contributed by atoms with Crippen LogP contribution in [0.5, 0.6) is 0 Å². The molecule has 0 saturated heterocycles.